The van der Waals surface area contributed by atoms with Gasteiger partial charge in [-0.05, 0) is 60.2 Å². The summed E-state index contributed by atoms with van der Waals surface area (Å²) in [6, 6.07) is 15.3. The number of benzene rings is 2. The van der Waals surface area contributed by atoms with Gasteiger partial charge in [0, 0.05) is 12.4 Å². The Balaban J connectivity index is 1.75. The molecule has 0 spiro atoms. The first-order chi connectivity index (χ1) is 11.2. The maximum absolute atomic E-state index is 4.42. The molecule has 1 fully saturated rings. The number of hydrogen-bond donors (Lipinski definition) is 1. The highest BCUT2D eigenvalue weighted by Crippen LogP contribution is 2.35. The van der Waals surface area contributed by atoms with Gasteiger partial charge in [-0.15, -0.1) is 0 Å². The lowest BCUT2D eigenvalue weighted by atomic mass is 9.74. The molecule has 116 valence electrons. The van der Waals surface area contributed by atoms with Crippen molar-refractivity contribution in [2.24, 2.45) is 0 Å². The lowest BCUT2D eigenvalue weighted by molar-refractivity contribution is 0.335. The molecule has 1 aliphatic rings. The van der Waals surface area contributed by atoms with Crippen LogP contribution in [-0.4, -0.2) is 23.1 Å². The maximum Gasteiger partial charge on any atom is 0.0892 e. The second kappa shape index (κ2) is 5.74. The highest BCUT2D eigenvalue weighted by molar-refractivity contribution is 5.81. The summed E-state index contributed by atoms with van der Waals surface area (Å²) in [6.07, 6.45) is 5.87. The van der Waals surface area contributed by atoms with Gasteiger partial charge in [0.25, 0.3) is 0 Å². The first kappa shape index (κ1) is 14.3. The summed E-state index contributed by atoms with van der Waals surface area (Å²) >= 11 is 0. The number of piperidine rings is 1. The van der Waals surface area contributed by atoms with E-state index < -0.39 is 0 Å². The molecule has 23 heavy (non-hydrogen) atoms. The third kappa shape index (κ3) is 2.73. The van der Waals surface area contributed by atoms with Crippen molar-refractivity contribution in [3.63, 3.8) is 0 Å². The maximum atomic E-state index is 4.42. The Hall–Kier alpha value is -2.26. The summed E-state index contributed by atoms with van der Waals surface area (Å²) in [4.78, 5) is 8.77. The number of nitrogens with zero attached hydrogens (tertiary/aromatic N) is 2. The molecule has 1 saturated heterocycles. The lowest BCUT2D eigenvalue weighted by Crippen LogP contribution is -2.37. The van der Waals surface area contributed by atoms with E-state index in [0.29, 0.717) is 0 Å². The lowest BCUT2D eigenvalue weighted by Gasteiger charge is -2.35. The molecule has 0 bridgehead atoms. The van der Waals surface area contributed by atoms with Crippen molar-refractivity contribution < 1.29 is 0 Å². The molecular formula is C20H21N3. The largest absolute Gasteiger partial charge is 0.317 e. The predicted molar refractivity (Wildman–Crippen MR) is 94.4 cm³/mol. The minimum absolute atomic E-state index is 0.276. The average Bonchev–Trinajstić information content (AvgIpc) is 2.62. The summed E-state index contributed by atoms with van der Waals surface area (Å²) in [5.41, 5.74) is 6.07. The highest BCUT2D eigenvalue weighted by atomic mass is 14.9. The summed E-state index contributed by atoms with van der Waals surface area (Å²) in [5.74, 6) is 0. The minimum Gasteiger partial charge on any atom is -0.317 e. The van der Waals surface area contributed by atoms with Gasteiger partial charge in [0.2, 0.25) is 0 Å². The zero-order valence-corrected chi connectivity index (χ0v) is 13.4. The SMILES string of the molecule is CC1(c2cccc(-c3ccc4nccnc4c3)c2)CCNCC1. The molecule has 3 heteroatoms. The van der Waals surface area contributed by atoms with Gasteiger partial charge in [-0.25, -0.2) is 0 Å². The fourth-order valence-electron chi connectivity index (χ4n) is 3.48. The van der Waals surface area contributed by atoms with Crippen molar-refractivity contribution in [2.45, 2.75) is 25.2 Å². The van der Waals surface area contributed by atoms with E-state index in [2.05, 4.69) is 64.7 Å². The van der Waals surface area contributed by atoms with E-state index in [9.17, 15) is 0 Å². The summed E-state index contributed by atoms with van der Waals surface area (Å²) in [7, 11) is 0. The van der Waals surface area contributed by atoms with E-state index in [-0.39, 0.29) is 5.41 Å². The minimum atomic E-state index is 0.276. The molecule has 1 aromatic heterocycles. The molecule has 0 radical (unpaired) electrons. The molecule has 1 aliphatic heterocycles. The van der Waals surface area contributed by atoms with Gasteiger partial charge in [-0.1, -0.05) is 37.3 Å². The number of hydrogen-bond acceptors (Lipinski definition) is 3. The number of nitrogens with one attached hydrogen (secondary N) is 1. The fourth-order valence-corrected chi connectivity index (χ4v) is 3.48. The Labute approximate surface area is 136 Å². The second-order valence-electron chi connectivity index (χ2n) is 6.65. The molecule has 0 aliphatic carbocycles. The first-order valence-electron chi connectivity index (χ1n) is 8.27. The smallest absolute Gasteiger partial charge is 0.0892 e. The molecule has 1 N–H and O–H groups in total. The van der Waals surface area contributed by atoms with Crippen molar-refractivity contribution >= 4 is 11.0 Å². The Morgan fingerprint density at radius 3 is 2.43 bits per heavy atom. The van der Waals surface area contributed by atoms with Crippen LogP contribution in [-0.2, 0) is 5.41 Å². The molecule has 3 nitrogen and oxygen atoms in total. The Bertz CT molecular complexity index is 835. The van der Waals surface area contributed by atoms with E-state index in [1.165, 1.54) is 29.5 Å². The van der Waals surface area contributed by atoms with Crippen LogP contribution in [0.5, 0.6) is 0 Å². The van der Waals surface area contributed by atoms with Crippen LogP contribution in [0.1, 0.15) is 25.3 Å². The number of rotatable bonds is 2. The third-order valence-electron chi connectivity index (χ3n) is 5.07. The molecular weight excluding hydrogens is 282 g/mol. The summed E-state index contributed by atoms with van der Waals surface area (Å²) < 4.78 is 0. The van der Waals surface area contributed by atoms with Crippen LogP contribution in [0.15, 0.2) is 54.9 Å². The third-order valence-corrected chi connectivity index (χ3v) is 5.07. The van der Waals surface area contributed by atoms with Crippen LogP contribution in [0.4, 0.5) is 0 Å². The van der Waals surface area contributed by atoms with E-state index in [1.54, 1.807) is 12.4 Å². The molecule has 0 saturated carbocycles. The van der Waals surface area contributed by atoms with E-state index >= 15 is 0 Å². The van der Waals surface area contributed by atoms with Crippen LogP contribution < -0.4 is 5.32 Å². The topological polar surface area (TPSA) is 37.8 Å². The van der Waals surface area contributed by atoms with Gasteiger partial charge in [0.05, 0.1) is 11.0 Å². The number of aromatic nitrogens is 2. The molecule has 0 unspecified atom stereocenters. The Kier molecular flexibility index (Phi) is 3.58. The molecule has 0 amide bonds. The standard InChI is InChI=1S/C20H21N3/c1-20(7-9-21-10-8-20)17-4-2-3-15(13-17)16-5-6-18-19(14-16)23-12-11-22-18/h2-6,11-14,21H,7-10H2,1H3. The Morgan fingerprint density at radius 1 is 0.870 bits per heavy atom. The van der Waals surface area contributed by atoms with E-state index in [1.807, 2.05) is 0 Å². The molecule has 0 atom stereocenters. The molecule has 2 heterocycles. The van der Waals surface area contributed by atoms with Gasteiger partial charge in [0.1, 0.15) is 0 Å². The number of fused-ring (bicyclic) bond motifs is 1. The van der Waals surface area contributed by atoms with Crippen molar-refractivity contribution in [3.8, 4) is 11.1 Å². The van der Waals surface area contributed by atoms with Crippen molar-refractivity contribution in [2.75, 3.05) is 13.1 Å². The molecule has 4 rings (SSSR count). The second-order valence-corrected chi connectivity index (χ2v) is 6.65. The van der Waals surface area contributed by atoms with Crippen LogP contribution in [0.3, 0.4) is 0 Å². The van der Waals surface area contributed by atoms with E-state index in [4.69, 9.17) is 0 Å². The van der Waals surface area contributed by atoms with Crippen LogP contribution in [0.25, 0.3) is 22.2 Å². The predicted octanol–water partition coefficient (Wildman–Crippen LogP) is 3.94. The van der Waals surface area contributed by atoms with Crippen molar-refractivity contribution in [3.05, 3.63) is 60.4 Å². The zero-order valence-electron chi connectivity index (χ0n) is 13.4. The molecule has 2 aromatic carbocycles. The van der Waals surface area contributed by atoms with Crippen LogP contribution in [0.2, 0.25) is 0 Å². The highest BCUT2D eigenvalue weighted by Gasteiger charge is 2.28. The average molecular weight is 303 g/mol. The fraction of sp³-hybridized carbons (Fsp3) is 0.300. The van der Waals surface area contributed by atoms with Crippen LogP contribution >= 0.6 is 0 Å². The van der Waals surface area contributed by atoms with Crippen molar-refractivity contribution in [1.29, 1.82) is 0 Å². The van der Waals surface area contributed by atoms with E-state index in [0.717, 1.165) is 24.1 Å². The quantitative estimate of drug-likeness (QED) is 0.779. The van der Waals surface area contributed by atoms with Gasteiger partial charge in [-0.3, -0.25) is 9.97 Å². The monoisotopic (exact) mass is 303 g/mol. The van der Waals surface area contributed by atoms with Crippen molar-refractivity contribution in [1.82, 2.24) is 15.3 Å². The van der Waals surface area contributed by atoms with Crippen LogP contribution in [0, 0.1) is 0 Å². The van der Waals surface area contributed by atoms with Gasteiger partial charge in [-0.2, -0.15) is 0 Å². The molecule has 3 aromatic rings. The first-order valence-corrected chi connectivity index (χ1v) is 8.27. The summed E-state index contributed by atoms with van der Waals surface area (Å²) in [5, 5.41) is 3.46. The normalized spacial score (nSPS) is 17.3. The summed E-state index contributed by atoms with van der Waals surface area (Å²) in [6.45, 7) is 4.59. The van der Waals surface area contributed by atoms with Gasteiger partial charge >= 0.3 is 0 Å². The zero-order chi connectivity index (χ0) is 15.7. The van der Waals surface area contributed by atoms with Gasteiger partial charge < -0.3 is 5.32 Å². The Morgan fingerprint density at radius 2 is 1.61 bits per heavy atom. The van der Waals surface area contributed by atoms with Gasteiger partial charge in [0.15, 0.2) is 0 Å².